The number of nitrogens with zero attached hydrogens (tertiary/aromatic N) is 3. The van der Waals surface area contributed by atoms with Crippen LogP contribution in [0.15, 0.2) is 51.6 Å². The second-order valence-electron chi connectivity index (χ2n) is 6.22. The molecular formula is C19H22N4O4. The van der Waals surface area contributed by atoms with Crippen LogP contribution in [0.1, 0.15) is 33.9 Å². The largest absolute Gasteiger partial charge is 0.485 e. The monoisotopic (exact) mass is 370 g/mol. The Hall–Kier alpha value is -3.13. The summed E-state index contributed by atoms with van der Waals surface area (Å²) in [5, 5.41) is 6.73. The summed E-state index contributed by atoms with van der Waals surface area (Å²) in [6.07, 6.45) is 1.62. The molecule has 0 aliphatic rings. The predicted octanol–water partition coefficient (Wildman–Crippen LogP) is 2.58. The molecule has 1 atom stereocenters. The van der Waals surface area contributed by atoms with Crippen LogP contribution in [-0.2, 0) is 6.61 Å². The van der Waals surface area contributed by atoms with Crippen molar-refractivity contribution in [3.8, 4) is 5.75 Å². The number of ether oxygens (including phenoxy) is 1. The number of rotatable bonds is 8. The van der Waals surface area contributed by atoms with Gasteiger partial charge in [0.2, 0.25) is 11.7 Å². The molecular weight excluding hydrogens is 348 g/mol. The molecule has 0 aliphatic heterocycles. The normalized spacial score (nSPS) is 12.1. The molecule has 27 heavy (non-hydrogen) atoms. The fourth-order valence-electron chi connectivity index (χ4n) is 2.63. The number of hydrogen-bond donors (Lipinski definition) is 1. The highest BCUT2D eigenvalue weighted by Gasteiger charge is 2.20. The van der Waals surface area contributed by atoms with Gasteiger partial charge in [-0.2, -0.15) is 4.98 Å². The number of hydrogen-bond acceptors (Lipinski definition) is 7. The summed E-state index contributed by atoms with van der Waals surface area (Å²) in [6, 6.07) is 10.7. The van der Waals surface area contributed by atoms with E-state index in [4.69, 9.17) is 13.7 Å². The smallest absolute Gasteiger partial charge is 0.255 e. The van der Waals surface area contributed by atoms with Crippen LogP contribution >= 0.6 is 0 Å². The highest BCUT2D eigenvalue weighted by Crippen LogP contribution is 2.21. The van der Waals surface area contributed by atoms with Crippen molar-refractivity contribution in [1.82, 2.24) is 20.4 Å². The van der Waals surface area contributed by atoms with Crippen molar-refractivity contribution in [3.63, 3.8) is 0 Å². The number of likely N-dealkylation sites (N-methyl/N-ethyl adjacent to an activating group) is 1. The fourth-order valence-corrected chi connectivity index (χ4v) is 2.63. The van der Waals surface area contributed by atoms with Crippen LogP contribution in [-0.4, -0.2) is 41.6 Å². The minimum absolute atomic E-state index is 0.0701. The molecule has 3 aromatic rings. The molecule has 1 unspecified atom stereocenters. The summed E-state index contributed by atoms with van der Waals surface area (Å²) in [6.45, 7) is 2.23. The summed E-state index contributed by atoms with van der Waals surface area (Å²) in [5.74, 6) is 1.91. The number of amides is 1. The van der Waals surface area contributed by atoms with Gasteiger partial charge in [-0.1, -0.05) is 17.3 Å². The number of aryl methyl sites for hydroxylation is 1. The highest BCUT2D eigenvalue weighted by molar-refractivity contribution is 5.96. The molecule has 0 aliphatic carbocycles. The maximum Gasteiger partial charge on any atom is 0.255 e. The number of nitrogens with one attached hydrogen (secondary N) is 1. The topological polar surface area (TPSA) is 93.6 Å². The number of benzene rings is 1. The Bertz CT molecular complexity index is 873. The third kappa shape index (κ3) is 4.73. The Morgan fingerprint density at radius 2 is 2.07 bits per heavy atom. The first kappa shape index (κ1) is 18.7. The van der Waals surface area contributed by atoms with E-state index < -0.39 is 0 Å². The van der Waals surface area contributed by atoms with Gasteiger partial charge < -0.3 is 19.0 Å². The van der Waals surface area contributed by atoms with Crippen molar-refractivity contribution in [1.29, 1.82) is 0 Å². The van der Waals surface area contributed by atoms with E-state index in [2.05, 4.69) is 15.5 Å². The fraction of sp³-hybridized carbons (Fsp3) is 0.316. The molecule has 0 saturated heterocycles. The summed E-state index contributed by atoms with van der Waals surface area (Å²) >= 11 is 0. The van der Waals surface area contributed by atoms with Gasteiger partial charge in [0, 0.05) is 13.5 Å². The van der Waals surface area contributed by atoms with Gasteiger partial charge >= 0.3 is 0 Å². The maximum absolute atomic E-state index is 12.7. The van der Waals surface area contributed by atoms with Gasteiger partial charge in [-0.3, -0.25) is 9.69 Å². The first-order valence-corrected chi connectivity index (χ1v) is 8.53. The van der Waals surface area contributed by atoms with E-state index in [1.807, 2.05) is 31.1 Å². The zero-order valence-corrected chi connectivity index (χ0v) is 15.5. The van der Waals surface area contributed by atoms with E-state index in [1.54, 1.807) is 37.5 Å². The summed E-state index contributed by atoms with van der Waals surface area (Å²) < 4.78 is 16.1. The van der Waals surface area contributed by atoms with Crippen LogP contribution < -0.4 is 10.1 Å². The van der Waals surface area contributed by atoms with Gasteiger partial charge in [-0.15, -0.1) is 0 Å². The summed E-state index contributed by atoms with van der Waals surface area (Å²) in [7, 11) is 3.87. The average molecular weight is 370 g/mol. The Balaban J connectivity index is 1.65. The minimum Gasteiger partial charge on any atom is -0.485 e. The van der Waals surface area contributed by atoms with Crippen molar-refractivity contribution in [2.45, 2.75) is 19.6 Å². The lowest BCUT2D eigenvalue weighted by molar-refractivity contribution is 0.0934. The molecule has 8 nitrogen and oxygen atoms in total. The molecule has 2 heterocycles. The standard InChI is InChI=1S/C19H22N4O4/c1-13-21-18(22-27-13)12-26-16-8-5-4-7-14(16)19(24)20-11-15(23(2)3)17-9-6-10-25-17/h4-10,15H,11-12H2,1-3H3,(H,20,24). The summed E-state index contributed by atoms with van der Waals surface area (Å²) in [4.78, 5) is 18.8. The molecule has 0 saturated carbocycles. The van der Waals surface area contributed by atoms with Crippen LogP contribution in [0.2, 0.25) is 0 Å². The lowest BCUT2D eigenvalue weighted by atomic mass is 10.1. The Morgan fingerprint density at radius 1 is 1.26 bits per heavy atom. The second-order valence-corrected chi connectivity index (χ2v) is 6.22. The molecule has 1 amide bonds. The van der Waals surface area contributed by atoms with Crippen molar-refractivity contribution in [2.24, 2.45) is 0 Å². The molecule has 0 spiro atoms. The van der Waals surface area contributed by atoms with Gasteiger partial charge in [0.25, 0.3) is 5.91 Å². The van der Waals surface area contributed by atoms with Gasteiger partial charge in [-0.05, 0) is 38.4 Å². The van der Waals surface area contributed by atoms with Gasteiger partial charge in [0.15, 0.2) is 6.61 Å². The van der Waals surface area contributed by atoms with Crippen LogP contribution in [0.25, 0.3) is 0 Å². The van der Waals surface area contributed by atoms with Crippen LogP contribution in [0.3, 0.4) is 0 Å². The van der Waals surface area contributed by atoms with Crippen LogP contribution in [0, 0.1) is 6.92 Å². The minimum atomic E-state index is -0.228. The first-order valence-electron chi connectivity index (χ1n) is 8.53. The number of para-hydroxylation sites is 1. The predicted molar refractivity (Wildman–Crippen MR) is 97.3 cm³/mol. The van der Waals surface area contributed by atoms with E-state index in [0.717, 1.165) is 5.76 Å². The van der Waals surface area contributed by atoms with E-state index >= 15 is 0 Å². The third-order valence-corrected chi connectivity index (χ3v) is 4.01. The quantitative estimate of drug-likeness (QED) is 0.651. The van der Waals surface area contributed by atoms with Crippen LogP contribution in [0.5, 0.6) is 5.75 Å². The molecule has 0 bridgehead atoms. The van der Waals surface area contributed by atoms with Crippen molar-refractivity contribution >= 4 is 5.91 Å². The lowest BCUT2D eigenvalue weighted by Gasteiger charge is -2.22. The number of carbonyl (C=O) groups is 1. The molecule has 2 aromatic heterocycles. The number of carbonyl (C=O) groups excluding carboxylic acids is 1. The SMILES string of the molecule is Cc1nc(COc2ccccc2C(=O)NCC(c2ccco2)N(C)C)no1. The van der Waals surface area contributed by atoms with Gasteiger partial charge in [0.05, 0.1) is 17.9 Å². The molecule has 142 valence electrons. The van der Waals surface area contributed by atoms with Crippen LogP contribution in [0.4, 0.5) is 0 Å². The van der Waals surface area contributed by atoms with E-state index in [1.165, 1.54) is 0 Å². The number of aromatic nitrogens is 2. The second kappa shape index (κ2) is 8.50. The number of furan rings is 1. The van der Waals surface area contributed by atoms with Gasteiger partial charge in [0.1, 0.15) is 11.5 Å². The molecule has 3 rings (SSSR count). The zero-order chi connectivity index (χ0) is 19.2. The molecule has 1 N–H and O–H groups in total. The van der Waals surface area contributed by atoms with Crippen molar-refractivity contribution in [3.05, 3.63) is 65.7 Å². The summed E-state index contributed by atoms with van der Waals surface area (Å²) in [5.41, 5.74) is 0.440. The van der Waals surface area contributed by atoms with E-state index in [9.17, 15) is 4.79 Å². The first-order chi connectivity index (χ1) is 13.0. The van der Waals surface area contributed by atoms with Crippen molar-refractivity contribution in [2.75, 3.05) is 20.6 Å². The van der Waals surface area contributed by atoms with E-state index in [0.29, 0.717) is 29.6 Å². The Labute approximate surface area is 157 Å². The molecule has 0 radical (unpaired) electrons. The molecule has 8 heteroatoms. The Morgan fingerprint density at radius 3 is 2.74 bits per heavy atom. The average Bonchev–Trinajstić information content (AvgIpc) is 3.32. The molecule has 0 fully saturated rings. The van der Waals surface area contributed by atoms with Gasteiger partial charge in [-0.25, -0.2) is 0 Å². The van der Waals surface area contributed by atoms with E-state index in [-0.39, 0.29) is 18.6 Å². The highest BCUT2D eigenvalue weighted by atomic mass is 16.5. The third-order valence-electron chi connectivity index (χ3n) is 4.01. The maximum atomic E-state index is 12.7. The molecule has 1 aromatic carbocycles. The zero-order valence-electron chi connectivity index (χ0n) is 15.5. The van der Waals surface area contributed by atoms with Crippen molar-refractivity contribution < 1.29 is 18.5 Å². The Kier molecular flexibility index (Phi) is 5.87. The lowest BCUT2D eigenvalue weighted by Crippen LogP contribution is -2.34.